The quantitative estimate of drug-likeness (QED) is 0.731. The van der Waals surface area contributed by atoms with E-state index in [1.807, 2.05) is 4.68 Å². The topological polar surface area (TPSA) is 99.9 Å². The number of hydrogen-bond donors (Lipinski definition) is 1. The molecule has 0 atom stereocenters. The molecule has 0 unspecified atom stereocenters. The highest BCUT2D eigenvalue weighted by Gasteiger charge is 2.22. The Morgan fingerprint density at radius 2 is 1.71 bits per heavy atom. The molecule has 2 fully saturated rings. The monoisotopic (exact) mass is 410 g/mol. The van der Waals surface area contributed by atoms with Crippen LogP contribution in [0.3, 0.4) is 0 Å². The van der Waals surface area contributed by atoms with Crippen molar-refractivity contribution in [2.24, 2.45) is 11.8 Å². The molecule has 0 radical (unpaired) electrons. The Bertz CT molecular complexity index is 914. The third-order valence-corrected chi connectivity index (χ3v) is 6.40. The van der Waals surface area contributed by atoms with Crippen LogP contribution >= 0.6 is 0 Å². The molecule has 28 heavy (non-hydrogen) atoms. The number of nitrogens with zero attached hydrogens (tertiary/aromatic N) is 2. The number of fused-ring (bicyclic) bond motifs is 1. The van der Waals surface area contributed by atoms with Crippen molar-refractivity contribution in [3.05, 3.63) is 18.2 Å². The summed E-state index contributed by atoms with van der Waals surface area (Å²) in [6, 6.07) is 4.53. The molecule has 2 aliphatic rings. The van der Waals surface area contributed by atoms with E-state index >= 15 is 0 Å². The lowest BCUT2D eigenvalue weighted by atomic mass is 10.0. The second-order valence-corrected chi connectivity index (χ2v) is 8.99. The Labute approximate surface area is 164 Å². The van der Waals surface area contributed by atoms with Gasteiger partial charge in [0, 0.05) is 33.0 Å². The molecule has 154 valence electrons. The molecule has 3 heterocycles. The highest BCUT2D eigenvalue weighted by molar-refractivity contribution is 7.85. The molecule has 8 nitrogen and oxygen atoms in total. The van der Waals surface area contributed by atoms with E-state index in [0.29, 0.717) is 29.7 Å². The average Bonchev–Trinajstić information content (AvgIpc) is 3.04. The molecule has 1 N–H and O–H groups in total. The van der Waals surface area contributed by atoms with Gasteiger partial charge >= 0.3 is 0 Å². The molecule has 0 aliphatic carbocycles. The van der Waals surface area contributed by atoms with Gasteiger partial charge in [0.25, 0.3) is 10.1 Å². The summed E-state index contributed by atoms with van der Waals surface area (Å²) in [5.41, 5.74) is 0.806. The van der Waals surface area contributed by atoms with Crippen LogP contribution in [0.25, 0.3) is 10.9 Å². The minimum absolute atomic E-state index is 0.151. The SMILES string of the molecule is O=S(=O)(O)c1ccc2c(c1)c(OCC1CCOCC1)nn2CC1CCOCC1. The van der Waals surface area contributed by atoms with E-state index in [0.717, 1.165) is 64.2 Å². The first-order valence-electron chi connectivity index (χ1n) is 9.77. The van der Waals surface area contributed by atoms with Gasteiger partial charge in [0.1, 0.15) is 0 Å². The summed E-state index contributed by atoms with van der Waals surface area (Å²) in [6.07, 6.45) is 3.83. The predicted molar refractivity (Wildman–Crippen MR) is 102 cm³/mol. The summed E-state index contributed by atoms with van der Waals surface area (Å²) in [5, 5.41) is 5.24. The van der Waals surface area contributed by atoms with Crippen molar-refractivity contribution in [1.29, 1.82) is 0 Å². The number of hydrogen-bond acceptors (Lipinski definition) is 6. The van der Waals surface area contributed by atoms with Crippen molar-refractivity contribution < 1.29 is 27.2 Å². The van der Waals surface area contributed by atoms with E-state index < -0.39 is 10.1 Å². The number of ether oxygens (including phenoxy) is 3. The standard InChI is InChI=1S/C19H26N2O6S/c22-28(23,24)16-1-2-18-17(11-16)19(27-13-15-5-9-26-10-6-15)20-21(18)12-14-3-7-25-8-4-14/h1-2,11,14-15H,3-10,12-13H2,(H,22,23,24). The predicted octanol–water partition coefficient (Wildman–Crippen LogP) is 2.52. The molecule has 2 aromatic rings. The lowest BCUT2D eigenvalue weighted by molar-refractivity contribution is 0.0488. The summed E-state index contributed by atoms with van der Waals surface area (Å²) < 4.78 is 51.3. The average molecular weight is 410 g/mol. The minimum Gasteiger partial charge on any atom is -0.476 e. The Morgan fingerprint density at radius 1 is 1.07 bits per heavy atom. The zero-order chi connectivity index (χ0) is 19.6. The van der Waals surface area contributed by atoms with Gasteiger partial charge in [0.15, 0.2) is 0 Å². The van der Waals surface area contributed by atoms with E-state index in [4.69, 9.17) is 14.2 Å². The van der Waals surface area contributed by atoms with Crippen LogP contribution in [0.1, 0.15) is 25.7 Å². The van der Waals surface area contributed by atoms with Gasteiger partial charge in [0.05, 0.1) is 22.4 Å². The van der Waals surface area contributed by atoms with E-state index in [1.54, 1.807) is 6.07 Å². The van der Waals surface area contributed by atoms with Crippen molar-refractivity contribution in [2.75, 3.05) is 33.0 Å². The molecule has 1 aromatic carbocycles. The summed E-state index contributed by atoms with van der Waals surface area (Å²) in [4.78, 5) is -0.151. The second kappa shape index (κ2) is 8.36. The van der Waals surface area contributed by atoms with E-state index in [9.17, 15) is 13.0 Å². The zero-order valence-electron chi connectivity index (χ0n) is 15.7. The van der Waals surface area contributed by atoms with E-state index in [1.165, 1.54) is 12.1 Å². The highest BCUT2D eigenvalue weighted by atomic mass is 32.2. The maximum Gasteiger partial charge on any atom is 0.294 e. The van der Waals surface area contributed by atoms with Crippen LogP contribution in [0.15, 0.2) is 23.1 Å². The molecule has 0 bridgehead atoms. The Hall–Kier alpha value is -1.68. The van der Waals surface area contributed by atoms with Crippen LogP contribution in [-0.4, -0.2) is 55.8 Å². The lowest BCUT2D eigenvalue weighted by Gasteiger charge is -2.22. The Morgan fingerprint density at radius 3 is 2.36 bits per heavy atom. The van der Waals surface area contributed by atoms with E-state index in [2.05, 4.69) is 5.10 Å². The zero-order valence-corrected chi connectivity index (χ0v) is 16.6. The van der Waals surface area contributed by atoms with Crippen molar-refractivity contribution >= 4 is 21.0 Å². The molecule has 9 heteroatoms. The smallest absolute Gasteiger partial charge is 0.294 e. The van der Waals surface area contributed by atoms with Gasteiger partial charge in [-0.1, -0.05) is 0 Å². The maximum absolute atomic E-state index is 11.6. The summed E-state index contributed by atoms with van der Waals surface area (Å²) >= 11 is 0. The van der Waals surface area contributed by atoms with Gasteiger partial charge < -0.3 is 14.2 Å². The van der Waals surface area contributed by atoms with Crippen LogP contribution in [0.5, 0.6) is 5.88 Å². The van der Waals surface area contributed by atoms with Crippen LogP contribution in [0.4, 0.5) is 0 Å². The molecule has 0 amide bonds. The van der Waals surface area contributed by atoms with Crippen molar-refractivity contribution in [3.8, 4) is 5.88 Å². The van der Waals surface area contributed by atoms with Crippen molar-refractivity contribution in [2.45, 2.75) is 37.1 Å². The highest BCUT2D eigenvalue weighted by Crippen LogP contribution is 2.30. The molecule has 1 aromatic heterocycles. The van der Waals surface area contributed by atoms with Gasteiger partial charge in [0.2, 0.25) is 5.88 Å². The van der Waals surface area contributed by atoms with Crippen LogP contribution in [0.2, 0.25) is 0 Å². The first-order valence-corrected chi connectivity index (χ1v) is 11.2. The molecule has 2 saturated heterocycles. The molecule has 2 aliphatic heterocycles. The fourth-order valence-corrected chi connectivity index (χ4v) is 4.33. The van der Waals surface area contributed by atoms with Gasteiger partial charge in [-0.25, -0.2) is 0 Å². The van der Waals surface area contributed by atoms with Crippen molar-refractivity contribution in [1.82, 2.24) is 9.78 Å². The molecule has 4 rings (SSSR count). The Balaban J connectivity index is 1.62. The molecule has 0 saturated carbocycles. The number of benzene rings is 1. The fraction of sp³-hybridized carbons (Fsp3) is 0.632. The van der Waals surface area contributed by atoms with Crippen molar-refractivity contribution in [3.63, 3.8) is 0 Å². The first kappa shape index (κ1) is 19.6. The third-order valence-electron chi connectivity index (χ3n) is 5.55. The summed E-state index contributed by atoms with van der Waals surface area (Å²) in [7, 11) is -4.29. The molecular formula is C19H26N2O6S. The van der Waals surface area contributed by atoms with Crippen LogP contribution < -0.4 is 4.74 Å². The second-order valence-electron chi connectivity index (χ2n) is 7.56. The Kier molecular flexibility index (Phi) is 5.86. The normalized spacial score (nSPS) is 19.9. The van der Waals surface area contributed by atoms with Gasteiger partial charge in [-0.05, 0) is 55.7 Å². The largest absolute Gasteiger partial charge is 0.476 e. The maximum atomic E-state index is 11.6. The van der Waals surface area contributed by atoms with Gasteiger partial charge in [-0.15, -0.1) is 5.10 Å². The minimum atomic E-state index is -4.29. The fourth-order valence-electron chi connectivity index (χ4n) is 3.82. The lowest BCUT2D eigenvalue weighted by Crippen LogP contribution is -2.22. The first-order chi connectivity index (χ1) is 13.5. The van der Waals surface area contributed by atoms with Gasteiger partial charge in [-0.2, -0.15) is 8.42 Å². The van der Waals surface area contributed by atoms with E-state index in [-0.39, 0.29) is 4.90 Å². The molecular weight excluding hydrogens is 384 g/mol. The van der Waals surface area contributed by atoms with Gasteiger partial charge in [-0.3, -0.25) is 9.23 Å². The summed E-state index contributed by atoms with van der Waals surface area (Å²) in [6.45, 7) is 4.22. The number of aromatic nitrogens is 2. The molecule has 0 spiro atoms. The third kappa shape index (κ3) is 4.48. The number of rotatable bonds is 6. The summed E-state index contributed by atoms with van der Waals surface area (Å²) in [5.74, 6) is 1.27. The van der Waals surface area contributed by atoms with Crippen LogP contribution in [-0.2, 0) is 26.1 Å². The van der Waals surface area contributed by atoms with Crippen LogP contribution in [0, 0.1) is 11.8 Å².